The van der Waals surface area contributed by atoms with Crippen LogP contribution in [0.3, 0.4) is 0 Å². The predicted octanol–water partition coefficient (Wildman–Crippen LogP) is 4.46. The van der Waals surface area contributed by atoms with E-state index in [2.05, 4.69) is 27.0 Å². The van der Waals surface area contributed by atoms with Crippen molar-refractivity contribution in [3.05, 3.63) is 37.0 Å². The van der Waals surface area contributed by atoms with Crippen LogP contribution in [0.4, 0.5) is 0 Å². The Morgan fingerprint density at radius 3 is 2.15 bits per heavy atom. The van der Waals surface area contributed by atoms with Gasteiger partial charge in [-0.3, -0.25) is 0 Å². The van der Waals surface area contributed by atoms with Gasteiger partial charge in [-0.2, -0.15) is 0 Å². The van der Waals surface area contributed by atoms with E-state index in [-0.39, 0.29) is 11.5 Å². The Kier molecular flexibility index (Phi) is 18.3. The number of carbonyl (C=O) groups is 3. The molecule has 27 heavy (non-hydrogen) atoms. The average Bonchev–Trinajstić information content (AvgIpc) is 2.66. The van der Waals surface area contributed by atoms with Gasteiger partial charge in [-0.25, -0.2) is 14.4 Å². The largest absolute Gasteiger partial charge is 0.478 e. The summed E-state index contributed by atoms with van der Waals surface area (Å²) in [6, 6.07) is 0. The molecule has 0 bridgehead atoms. The fourth-order valence-electron chi connectivity index (χ4n) is 1.80. The van der Waals surface area contributed by atoms with Crippen molar-refractivity contribution >= 4 is 17.9 Å². The first-order valence-electron chi connectivity index (χ1n) is 9.38. The van der Waals surface area contributed by atoms with Crippen LogP contribution in [0.25, 0.3) is 0 Å². The van der Waals surface area contributed by atoms with Crippen molar-refractivity contribution in [2.75, 3.05) is 13.2 Å². The van der Waals surface area contributed by atoms with Gasteiger partial charge in [0, 0.05) is 12.2 Å². The van der Waals surface area contributed by atoms with Crippen LogP contribution in [-0.2, 0) is 23.9 Å². The molecular weight excluding hydrogens is 348 g/mol. The maximum Gasteiger partial charge on any atom is 0.337 e. The van der Waals surface area contributed by atoms with Crippen LogP contribution in [0, 0.1) is 5.92 Å². The number of carbonyl (C=O) groups excluding carboxylic acids is 2. The highest BCUT2D eigenvalue weighted by atomic mass is 16.5. The number of carboxylic acid groups (broad SMARTS) is 1. The number of hydrogen-bond donors (Lipinski definition) is 1. The van der Waals surface area contributed by atoms with Crippen LogP contribution in [0.1, 0.15) is 59.3 Å². The van der Waals surface area contributed by atoms with Gasteiger partial charge in [-0.1, -0.05) is 59.6 Å². The highest BCUT2D eigenvalue weighted by Crippen LogP contribution is 2.12. The standard InChI is InChI=1S/C11H20O2.C10H14O4/c1-4-7-8-10(5-2)9-13-11(12)6-3;1-3-4-7-14-10(13)8(2)5-6-9(11)12/h6,10H,3-5,7-9H2,1-2H3;5-6H,2-4,7H2,1H3,(H,11,12). The van der Waals surface area contributed by atoms with Crippen LogP contribution >= 0.6 is 0 Å². The molecule has 0 aromatic rings. The van der Waals surface area contributed by atoms with Crippen molar-refractivity contribution < 1.29 is 29.0 Å². The SMILES string of the molecule is C=C(C=CC(=O)O)C(=O)OCCCC.C=CC(=O)OCC(CC)CCCC. The molecule has 1 atom stereocenters. The molecule has 1 N–H and O–H groups in total. The molecule has 6 nitrogen and oxygen atoms in total. The number of esters is 2. The predicted molar refractivity (Wildman–Crippen MR) is 106 cm³/mol. The summed E-state index contributed by atoms with van der Waals surface area (Å²) >= 11 is 0. The zero-order valence-corrected chi connectivity index (χ0v) is 16.9. The Morgan fingerprint density at radius 1 is 1.04 bits per heavy atom. The lowest BCUT2D eigenvalue weighted by Crippen LogP contribution is -2.12. The third kappa shape index (κ3) is 18.2. The molecule has 0 saturated heterocycles. The molecule has 0 aliphatic rings. The second-order valence-electron chi connectivity index (χ2n) is 5.94. The molecule has 0 rings (SSSR count). The van der Waals surface area contributed by atoms with Crippen molar-refractivity contribution in [1.29, 1.82) is 0 Å². The van der Waals surface area contributed by atoms with E-state index in [0.29, 0.717) is 19.1 Å². The van der Waals surface area contributed by atoms with Gasteiger partial charge >= 0.3 is 17.9 Å². The first-order chi connectivity index (χ1) is 12.8. The average molecular weight is 382 g/mol. The zero-order chi connectivity index (χ0) is 21.1. The lowest BCUT2D eigenvalue weighted by atomic mass is 10.0. The Balaban J connectivity index is 0. The molecule has 154 valence electrons. The third-order valence-corrected chi connectivity index (χ3v) is 3.59. The summed E-state index contributed by atoms with van der Waals surface area (Å²) in [4.78, 5) is 31.9. The van der Waals surface area contributed by atoms with E-state index in [0.717, 1.165) is 37.8 Å². The highest BCUT2D eigenvalue weighted by Gasteiger charge is 2.07. The maximum atomic E-state index is 11.1. The molecular formula is C21H34O6. The Bertz CT molecular complexity index is 493. The summed E-state index contributed by atoms with van der Waals surface area (Å²) in [5.41, 5.74) is 0.0449. The number of rotatable bonds is 13. The van der Waals surface area contributed by atoms with E-state index in [4.69, 9.17) is 14.6 Å². The monoisotopic (exact) mass is 382 g/mol. The summed E-state index contributed by atoms with van der Waals surface area (Å²) in [5, 5.41) is 8.28. The first-order valence-corrected chi connectivity index (χ1v) is 9.38. The maximum absolute atomic E-state index is 11.1. The number of ether oxygens (including phenoxy) is 2. The molecule has 0 aromatic heterocycles. The van der Waals surface area contributed by atoms with Crippen molar-refractivity contribution in [2.24, 2.45) is 5.92 Å². The Labute approximate surface area is 162 Å². The Hall–Kier alpha value is -2.37. The first kappa shape index (κ1) is 26.9. The number of aliphatic carboxylic acids is 1. The Morgan fingerprint density at radius 2 is 1.67 bits per heavy atom. The molecule has 0 heterocycles. The summed E-state index contributed by atoms with van der Waals surface area (Å²) in [6.07, 6.45) is 9.55. The number of hydrogen-bond acceptors (Lipinski definition) is 5. The van der Waals surface area contributed by atoms with Gasteiger partial charge in [-0.05, 0) is 24.8 Å². The lowest BCUT2D eigenvalue weighted by molar-refractivity contribution is -0.139. The molecule has 1 unspecified atom stereocenters. The third-order valence-electron chi connectivity index (χ3n) is 3.59. The summed E-state index contributed by atoms with van der Waals surface area (Å²) in [7, 11) is 0. The van der Waals surface area contributed by atoms with Crippen LogP contribution in [0.5, 0.6) is 0 Å². The van der Waals surface area contributed by atoms with Crippen LogP contribution in [-0.4, -0.2) is 36.2 Å². The molecule has 0 amide bonds. The smallest absolute Gasteiger partial charge is 0.337 e. The van der Waals surface area contributed by atoms with E-state index < -0.39 is 11.9 Å². The van der Waals surface area contributed by atoms with Gasteiger partial charge in [0.05, 0.1) is 18.8 Å². The van der Waals surface area contributed by atoms with E-state index >= 15 is 0 Å². The van der Waals surface area contributed by atoms with Gasteiger partial charge in [-0.15, -0.1) is 0 Å². The van der Waals surface area contributed by atoms with Gasteiger partial charge in [0.25, 0.3) is 0 Å². The minimum Gasteiger partial charge on any atom is -0.478 e. The second kappa shape index (κ2) is 18.4. The van der Waals surface area contributed by atoms with E-state index in [1.165, 1.54) is 18.9 Å². The fourth-order valence-corrected chi connectivity index (χ4v) is 1.80. The normalized spacial score (nSPS) is 11.1. The van der Waals surface area contributed by atoms with Crippen molar-refractivity contribution in [1.82, 2.24) is 0 Å². The minimum absolute atomic E-state index is 0.0449. The number of carboxylic acids is 1. The van der Waals surface area contributed by atoms with Crippen LogP contribution in [0.15, 0.2) is 37.0 Å². The topological polar surface area (TPSA) is 89.9 Å². The van der Waals surface area contributed by atoms with Gasteiger partial charge in [0.1, 0.15) is 0 Å². The zero-order valence-electron chi connectivity index (χ0n) is 16.9. The lowest BCUT2D eigenvalue weighted by Gasteiger charge is -2.13. The molecule has 0 aliphatic heterocycles. The molecule has 0 radical (unpaired) electrons. The number of unbranched alkanes of at least 4 members (excludes halogenated alkanes) is 2. The molecule has 6 heteroatoms. The second-order valence-corrected chi connectivity index (χ2v) is 5.94. The molecule has 0 fully saturated rings. The van der Waals surface area contributed by atoms with E-state index in [9.17, 15) is 14.4 Å². The van der Waals surface area contributed by atoms with Crippen LogP contribution < -0.4 is 0 Å². The summed E-state index contributed by atoms with van der Waals surface area (Å²) in [5.74, 6) is -1.48. The van der Waals surface area contributed by atoms with Crippen molar-refractivity contribution in [3.63, 3.8) is 0 Å². The molecule has 0 aliphatic carbocycles. The van der Waals surface area contributed by atoms with Crippen molar-refractivity contribution in [3.8, 4) is 0 Å². The quantitative estimate of drug-likeness (QED) is 0.219. The fraction of sp³-hybridized carbons (Fsp3) is 0.571. The van der Waals surface area contributed by atoms with Gasteiger partial charge < -0.3 is 14.6 Å². The minimum atomic E-state index is -1.12. The van der Waals surface area contributed by atoms with E-state index in [1.54, 1.807) is 0 Å². The molecule has 0 saturated carbocycles. The van der Waals surface area contributed by atoms with E-state index in [1.807, 2.05) is 6.92 Å². The van der Waals surface area contributed by atoms with Gasteiger partial charge in [0.15, 0.2) is 0 Å². The van der Waals surface area contributed by atoms with Gasteiger partial charge in [0.2, 0.25) is 0 Å². The molecule has 0 spiro atoms. The van der Waals surface area contributed by atoms with Crippen molar-refractivity contribution in [2.45, 2.75) is 59.3 Å². The van der Waals surface area contributed by atoms with Crippen LogP contribution in [0.2, 0.25) is 0 Å². The summed E-state index contributed by atoms with van der Waals surface area (Å²) in [6.45, 7) is 13.9. The summed E-state index contributed by atoms with van der Waals surface area (Å²) < 4.78 is 9.78. The highest BCUT2D eigenvalue weighted by molar-refractivity contribution is 5.93. The molecule has 0 aromatic carbocycles.